The van der Waals surface area contributed by atoms with E-state index < -0.39 is 0 Å². The number of aryl methyl sites for hydroxylation is 1. The van der Waals surface area contributed by atoms with Crippen molar-refractivity contribution in [1.29, 1.82) is 0 Å². The smallest absolute Gasteiger partial charge is 0.266 e. The molecule has 25 heavy (non-hydrogen) atoms. The first-order valence-electron chi connectivity index (χ1n) is 7.73. The van der Waals surface area contributed by atoms with Crippen LogP contribution in [0.1, 0.15) is 17.0 Å². The fourth-order valence-corrected chi connectivity index (χ4v) is 4.47. The summed E-state index contributed by atoms with van der Waals surface area (Å²) in [5.74, 6) is -0.0473. The van der Waals surface area contributed by atoms with Gasteiger partial charge in [0.1, 0.15) is 4.32 Å². The topological polar surface area (TPSA) is 25.2 Å². The second kappa shape index (κ2) is 7.47. The normalized spacial score (nSPS) is 16.1. The maximum atomic E-state index is 12.5. The lowest BCUT2D eigenvalue weighted by Crippen LogP contribution is -2.27. The van der Waals surface area contributed by atoms with E-state index in [0.717, 1.165) is 22.6 Å². The molecule has 128 valence electrons. The Morgan fingerprint density at radius 3 is 2.60 bits per heavy atom. The van der Waals surface area contributed by atoms with Gasteiger partial charge in [-0.05, 0) is 78.4 Å². The lowest BCUT2D eigenvalue weighted by Gasteiger charge is -2.10. The van der Waals surface area contributed by atoms with Gasteiger partial charge in [-0.1, -0.05) is 30.1 Å². The van der Waals surface area contributed by atoms with Crippen molar-refractivity contribution in [3.8, 4) is 5.69 Å². The number of aromatic nitrogens is 1. The standard InChI is InChI=1S/C19H17IN2OS2/c1-4-9-21-18(23)17(25-19(21)24)11-14-10-12(2)22(13(14)3)16-7-5-15(20)6-8-16/h4-8,10-11H,1,9H2,2-3H3. The molecule has 1 aromatic carbocycles. The third-order valence-corrected chi connectivity index (χ3v) is 6.12. The first kappa shape index (κ1) is 18.4. The van der Waals surface area contributed by atoms with Gasteiger partial charge in [-0.2, -0.15) is 0 Å². The zero-order valence-corrected chi connectivity index (χ0v) is 17.7. The van der Waals surface area contributed by atoms with Crippen LogP contribution in [0.3, 0.4) is 0 Å². The van der Waals surface area contributed by atoms with Crippen LogP contribution in [0.15, 0.2) is 47.9 Å². The molecule has 0 N–H and O–H groups in total. The first-order valence-corrected chi connectivity index (χ1v) is 10.0. The van der Waals surface area contributed by atoms with Crippen molar-refractivity contribution < 1.29 is 4.79 Å². The molecule has 6 heteroatoms. The minimum absolute atomic E-state index is 0.0473. The number of benzene rings is 1. The Labute approximate surface area is 170 Å². The van der Waals surface area contributed by atoms with E-state index in [-0.39, 0.29) is 5.91 Å². The summed E-state index contributed by atoms with van der Waals surface area (Å²) in [6.45, 7) is 8.28. The summed E-state index contributed by atoms with van der Waals surface area (Å²) in [6.07, 6.45) is 3.63. The van der Waals surface area contributed by atoms with E-state index in [4.69, 9.17) is 12.2 Å². The van der Waals surface area contributed by atoms with Crippen LogP contribution in [0, 0.1) is 17.4 Å². The summed E-state index contributed by atoms with van der Waals surface area (Å²) in [4.78, 5) is 14.8. The summed E-state index contributed by atoms with van der Waals surface area (Å²) in [5.41, 5.74) is 4.39. The van der Waals surface area contributed by atoms with Crippen LogP contribution in [0.25, 0.3) is 11.8 Å². The summed E-state index contributed by atoms with van der Waals surface area (Å²) in [5, 5.41) is 0. The fourth-order valence-electron chi connectivity index (χ4n) is 2.85. The molecule has 1 amide bonds. The highest BCUT2D eigenvalue weighted by Gasteiger charge is 2.31. The molecule has 0 unspecified atom stereocenters. The van der Waals surface area contributed by atoms with Crippen molar-refractivity contribution in [1.82, 2.24) is 9.47 Å². The number of amides is 1. The molecule has 1 aliphatic rings. The van der Waals surface area contributed by atoms with Crippen LogP contribution in [-0.4, -0.2) is 26.2 Å². The van der Waals surface area contributed by atoms with Crippen LogP contribution < -0.4 is 0 Å². The van der Waals surface area contributed by atoms with Crippen LogP contribution in [0.4, 0.5) is 0 Å². The van der Waals surface area contributed by atoms with E-state index in [2.05, 4.69) is 77.9 Å². The number of hydrogen-bond donors (Lipinski definition) is 0. The number of thioether (sulfide) groups is 1. The van der Waals surface area contributed by atoms with Crippen molar-refractivity contribution in [3.63, 3.8) is 0 Å². The average Bonchev–Trinajstić information content (AvgIpc) is 3.00. The number of nitrogens with zero attached hydrogens (tertiary/aromatic N) is 2. The lowest BCUT2D eigenvalue weighted by atomic mass is 10.2. The molecule has 1 saturated heterocycles. The van der Waals surface area contributed by atoms with E-state index in [1.165, 1.54) is 15.3 Å². The molecule has 0 saturated carbocycles. The maximum Gasteiger partial charge on any atom is 0.266 e. The number of rotatable bonds is 4. The van der Waals surface area contributed by atoms with E-state index in [9.17, 15) is 4.79 Å². The van der Waals surface area contributed by atoms with Gasteiger partial charge in [0.25, 0.3) is 5.91 Å². The van der Waals surface area contributed by atoms with Crippen LogP contribution in [0.5, 0.6) is 0 Å². The highest BCUT2D eigenvalue weighted by Crippen LogP contribution is 2.34. The van der Waals surface area contributed by atoms with Gasteiger partial charge >= 0.3 is 0 Å². The molecule has 2 heterocycles. The average molecular weight is 480 g/mol. The van der Waals surface area contributed by atoms with Gasteiger partial charge in [0.05, 0.1) is 4.91 Å². The first-order chi connectivity index (χ1) is 11.9. The quantitative estimate of drug-likeness (QED) is 0.264. The van der Waals surface area contributed by atoms with Gasteiger partial charge in [0.15, 0.2) is 0 Å². The Kier molecular flexibility index (Phi) is 5.50. The number of carbonyl (C=O) groups excluding carboxylic acids is 1. The molecule has 0 atom stereocenters. The Morgan fingerprint density at radius 1 is 1.28 bits per heavy atom. The monoisotopic (exact) mass is 480 g/mol. The third-order valence-electron chi connectivity index (χ3n) is 4.03. The van der Waals surface area contributed by atoms with Crippen molar-refractivity contribution in [2.45, 2.75) is 13.8 Å². The van der Waals surface area contributed by atoms with Gasteiger partial charge in [-0.15, -0.1) is 6.58 Å². The van der Waals surface area contributed by atoms with Gasteiger partial charge in [0, 0.05) is 27.2 Å². The molecule has 3 nitrogen and oxygen atoms in total. The van der Waals surface area contributed by atoms with E-state index in [0.29, 0.717) is 15.8 Å². The van der Waals surface area contributed by atoms with E-state index in [1.807, 2.05) is 6.08 Å². The van der Waals surface area contributed by atoms with Crippen molar-refractivity contribution in [2.75, 3.05) is 6.54 Å². The third kappa shape index (κ3) is 3.61. The second-order valence-electron chi connectivity index (χ2n) is 5.72. The number of halogens is 1. The second-order valence-corrected chi connectivity index (χ2v) is 8.64. The zero-order valence-electron chi connectivity index (χ0n) is 14.0. The molecule has 0 radical (unpaired) electrons. The van der Waals surface area contributed by atoms with Gasteiger partial charge in [-0.25, -0.2) is 0 Å². The molecule has 1 fully saturated rings. The molecule has 3 rings (SSSR count). The Morgan fingerprint density at radius 2 is 1.96 bits per heavy atom. The zero-order chi connectivity index (χ0) is 18.1. The van der Waals surface area contributed by atoms with Crippen molar-refractivity contribution in [3.05, 3.63) is 68.4 Å². The highest BCUT2D eigenvalue weighted by atomic mass is 127. The Hall–Kier alpha value is -1.38. The molecule has 1 aromatic heterocycles. The summed E-state index contributed by atoms with van der Waals surface area (Å²) >= 11 is 8.95. The van der Waals surface area contributed by atoms with Crippen molar-refractivity contribution in [2.24, 2.45) is 0 Å². The van der Waals surface area contributed by atoms with Crippen LogP contribution >= 0.6 is 46.6 Å². The number of carbonyl (C=O) groups is 1. The predicted molar refractivity (Wildman–Crippen MR) is 118 cm³/mol. The molecule has 0 aliphatic carbocycles. The minimum Gasteiger partial charge on any atom is -0.318 e. The van der Waals surface area contributed by atoms with Gasteiger partial charge in [0.2, 0.25) is 0 Å². The molecular weight excluding hydrogens is 463 g/mol. The number of hydrogen-bond acceptors (Lipinski definition) is 3. The van der Waals surface area contributed by atoms with Gasteiger partial charge in [-0.3, -0.25) is 9.69 Å². The Balaban J connectivity index is 1.99. The minimum atomic E-state index is -0.0473. The van der Waals surface area contributed by atoms with E-state index in [1.54, 1.807) is 11.0 Å². The SMILES string of the molecule is C=CCN1C(=O)C(=Cc2cc(C)n(-c3ccc(I)cc3)c2C)SC1=S. The molecule has 0 spiro atoms. The molecular formula is C19H17IN2OS2. The largest absolute Gasteiger partial charge is 0.318 e. The predicted octanol–water partition coefficient (Wildman–Crippen LogP) is 5.09. The number of thiocarbonyl (C=S) groups is 1. The molecule has 0 bridgehead atoms. The Bertz CT molecular complexity index is 897. The lowest BCUT2D eigenvalue weighted by molar-refractivity contribution is -0.121. The maximum absolute atomic E-state index is 12.5. The summed E-state index contributed by atoms with van der Waals surface area (Å²) < 4.78 is 3.99. The van der Waals surface area contributed by atoms with E-state index >= 15 is 0 Å². The molecule has 2 aromatic rings. The van der Waals surface area contributed by atoms with Crippen molar-refractivity contribution >= 4 is 62.9 Å². The molecule has 1 aliphatic heterocycles. The van der Waals surface area contributed by atoms with Crippen LogP contribution in [0.2, 0.25) is 0 Å². The summed E-state index contributed by atoms with van der Waals surface area (Å²) in [7, 11) is 0. The highest BCUT2D eigenvalue weighted by molar-refractivity contribution is 14.1. The summed E-state index contributed by atoms with van der Waals surface area (Å²) in [6, 6.07) is 10.5. The van der Waals surface area contributed by atoms with Gasteiger partial charge < -0.3 is 4.57 Å². The fraction of sp³-hybridized carbons (Fsp3) is 0.158. The van der Waals surface area contributed by atoms with Crippen LogP contribution in [-0.2, 0) is 4.79 Å².